The van der Waals surface area contributed by atoms with Crippen molar-refractivity contribution in [3.8, 4) is 0 Å². The molecule has 118 valence electrons. The van der Waals surface area contributed by atoms with Gasteiger partial charge in [0.2, 0.25) is 0 Å². The van der Waals surface area contributed by atoms with Crippen molar-refractivity contribution < 1.29 is 33.6 Å². The van der Waals surface area contributed by atoms with Crippen LogP contribution in [0, 0.1) is 5.41 Å². The molecule has 0 aliphatic carbocycles. The summed E-state index contributed by atoms with van der Waals surface area (Å²) >= 11 is 3.95. The predicted molar refractivity (Wildman–Crippen MR) is 73.8 cm³/mol. The minimum Gasteiger partial charge on any atom is -0.465 e. The van der Waals surface area contributed by atoms with Crippen LogP contribution in [-0.2, 0) is 23.7 Å². The highest BCUT2D eigenvalue weighted by atomic mass is 32.1. The Labute approximate surface area is 123 Å². The molecule has 20 heavy (non-hydrogen) atoms. The van der Waals surface area contributed by atoms with Crippen molar-refractivity contribution in [3.05, 3.63) is 0 Å². The first kappa shape index (κ1) is 19.0. The average molecular weight is 310 g/mol. The van der Waals surface area contributed by atoms with E-state index in [1.807, 2.05) is 0 Å². The Morgan fingerprint density at radius 3 is 2.40 bits per heavy atom. The van der Waals surface area contributed by atoms with Crippen molar-refractivity contribution in [2.75, 3.05) is 45.4 Å². The number of carbonyl (C=O) groups is 2. The number of carbonyl (C=O) groups excluding carboxylic acids is 2. The molecule has 0 heterocycles. The zero-order valence-electron chi connectivity index (χ0n) is 11.8. The van der Waals surface area contributed by atoms with Crippen LogP contribution in [0.5, 0.6) is 0 Å². The van der Waals surface area contributed by atoms with Crippen LogP contribution >= 0.6 is 12.6 Å². The molecule has 1 atom stereocenters. The number of ether oxygens (including phenoxy) is 4. The van der Waals surface area contributed by atoms with Gasteiger partial charge in [-0.1, -0.05) is 0 Å². The molecule has 0 aromatic rings. The van der Waals surface area contributed by atoms with E-state index in [0.29, 0.717) is 12.4 Å². The topological polar surface area (TPSA) is 91.3 Å². The molecule has 7 nitrogen and oxygen atoms in total. The molecule has 0 aromatic heterocycles. The second-order valence-electron chi connectivity index (χ2n) is 4.16. The molecule has 0 bridgehead atoms. The fourth-order valence-corrected chi connectivity index (χ4v) is 1.21. The van der Waals surface area contributed by atoms with Gasteiger partial charge < -0.3 is 24.1 Å². The molecule has 0 amide bonds. The zero-order valence-corrected chi connectivity index (χ0v) is 12.7. The highest BCUT2D eigenvalue weighted by Crippen LogP contribution is 2.18. The summed E-state index contributed by atoms with van der Waals surface area (Å²) in [7, 11) is 0. The third-order valence-corrected chi connectivity index (χ3v) is 2.49. The van der Waals surface area contributed by atoms with E-state index in [1.54, 1.807) is 6.92 Å². The number of thiol groups is 1. The van der Waals surface area contributed by atoms with E-state index in [2.05, 4.69) is 12.6 Å². The van der Waals surface area contributed by atoms with E-state index >= 15 is 0 Å². The van der Waals surface area contributed by atoms with Gasteiger partial charge in [0.15, 0.2) is 0 Å². The maximum atomic E-state index is 11.6. The number of hydrogen-bond acceptors (Lipinski definition) is 8. The van der Waals surface area contributed by atoms with E-state index in [4.69, 9.17) is 18.9 Å². The normalized spacial score (nSPS) is 13.4. The van der Waals surface area contributed by atoms with Gasteiger partial charge in [-0.25, -0.2) is 4.79 Å². The van der Waals surface area contributed by atoms with E-state index in [-0.39, 0.29) is 26.4 Å². The van der Waals surface area contributed by atoms with Crippen LogP contribution in [0.2, 0.25) is 0 Å². The van der Waals surface area contributed by atoms with Crippen LogP contribution in [-0.4, -0.2) is 62.6 Å². The molecule has 0 aromatic carbocycles. The SMILES string of the molecule is CCOC(=O)C(C)(CO)COC(=O)OCCOCCS. The van der Waals surface area contributed by atoms with Gasteiger partial charge in [0.1, 0.15) is 18.6 Å². The molecule has 0 saturated heterocycles. The van der Waals surface area contributed by atoms with Gasteiger partial charge >= 0.3 is 12.1 Å². The summed E-state index contributed by atoms with van der Waals surface area (Å²) in [6, 6.07) is 0. The number of rotatable bonds is 10. The van der Waals surface area contributed by atoms with E-state index < -0.39 is 24.1 Å². The monoisotopic (exact) mass is 310 g/mol. The summed E-state index contributed by atoms with van der Waals surface area (Å²) in [4.78, 5) is 22.9. The first-order valence-electron chi connectivity index (χ1n) is 6.26. The Hall–Kier alpha value is -0.990. The van der Waals surface area contributed by atoms with Crippen LogP contribution in [0.1, 0.15) is 13.8 Å². The quantitative estimate of drug-likeness (QED) is 0.348. The fourth-order valence-electron chi connectivity index (χ4n) is 1.08. The standard InChI is InChI=1S/C12H22O7S/c1-3-17-10(14)12(2,8-13)9-19-11(15)18-5-4-16-6-7-20/h13,20H,3-9H2,1-2H3. The first-order valence-corrected chi connectivity index (χ1v) is 6.89. The lowest BCUT2D eigenvalue weighted by Gasteiger charge is -2.23. The largest absolute Gasteiger partial charge is 0.508 e. The minimum absolute atomic E-state index is 0.0435. The minimum atomic E-state index is -1.29. The van der Waals surface area contributed by atoms with Crippen LogP contribution in [0.4, 0.5) is 4.79 Å². The second kappa shape index (κ2) is 10.8. The van der Waals surface area contributed by atoms with Gasteiger partial charge in [-0.15, -0.1) is 0 Å². The number of hydrogen-bond donors (Lipinski definition) is 2. The third-order valence-electron chi connectivity index (χ3n) is 2.31. The van der Waals surface area contributed by atoms with Crippen molar-refractivity contribution in [1.29, 1.82) is 0 Å². The molecule has 1 N–H and O–H groups in total. The summed E-state index contributed by atoms with van der Waals surface area (Å²) in [5.74, 6) is -0.0498. The first-order chi connectivity index (χ1) is 9.50. The molecule has 1 unspecified atom stereocenters. The van der Waals surface area contributed by atoms with Gasteiger partial charge in [0, 0.05) is 5.75 Å². The predicted octanol–water partition coefficient (Wildman–Crippen LogP) is 0.648. The summed E-state index contributed by atoms with van der Waals surface area (Å²) in [5.41, 5.74) is -1.29. The lowest BCUT2D eigenvalue weighted by atomic mass is 9.93. The van der Waals surface area contributed by atoms with E-state index in [9.17, 15) is 14.7 Å². The van der Waals surface area contributed by atoms with Crippen molar-refractivity contribution in [1.82, 2.24) is 0 Å². The second-order valence-corrected chi connectivity index (χ2v) is 4.61. The molecule has 0 spiro atoms. The maximum Gasteiger partial charge on any atom is 0.508 e. The van der Waals surface area contributed by atoms with Gasteiger partial charge in [-0.3, -0.25) is 4.79 Å². The van der Waals surface area contributed by atoms with Gasteiger partial charge in [-0.2, -0.15) is 12.6 Å². The molecule has 8 heteroatoms. The van der Waals surface area contributed by atoms with E-state index in [1.165, 1.54) is 6.92 Å². The molecule has 0 fully saturated rings. The van der Waals surface area contributed by atoms with Crippen LogP contribution in [0.3, 0.4) is 0 Å². The maximum absolute atomic E-state index is 11.6. The summed E-state index contributed by atoms with van der Waals surface area (Å²) in [6.07, 6.45) is -0.927. The summed E-state index contributed by atoms with van der Waals surface area (Å²) < 4.78 is 19.3. The molecular weight excluding hydrogens is 288 g/mol. The van der Waals surface area contributed by atoms with Crippen molar-refractivity contribution in [2.24, 2.45) is 5.41 Å². The Balaban J connectivity index is 3.98. The lowest BCUT2D eigenvalue weighted by Crippen LogP contribution is -2.39. The van der Waals surface area contributed by atoms with Crippen molar-refractivity contribution >= 4 is 24.8 Å². The lowest BCUT2D eigenvalue weighted by molar-refractivity contribution is -0.160. The molecule has 0 rings (SSSR count). The molecular formula is C12H22O7S. The number of aliphatic hydroxyl groups is 1. The highest BCUT2D eigenvalue weighted by molar-refractivity contribution is 7.80. The van der Waals surface area contributed by atoms with Crippen LogP contribution in [0.25, 0.3) is 0 Å². The fraction of sp³-hybridized carbons (Fsp3) is 0.833. The Kier molecular flexibility index (Phi) is 10.2. The Bertz CT molecular complexity index is 298. The molecule has 0 aliphatic heterocycles. The summed E-state index contributed by atoms with van der Waals surface area (Å²) in [6.45, 7) is 3.20. The highest BCUT2D eigenvalue weighted by Gasteiger charge is 2.36. The molecule has 0 radical (unpaired) electrons. The smallest absolute Gasteiger partial charge is 0.465 e. The van der Waals surface area contributed by atoms with Gasteiger partial charge in [-0.05, 0) is 13.8 Å². The molecule has 0 saturated carbocycles. The van der Waals surface area contributed by atoms with Crippen molar-refractivity contribution in [2.45, 2.75) is 13.8 Å². The van der Waals surface area contributed by atoms with Gasteiger partial charge in [0.25, 0.3) is 0 Å². The summed E-state index contributed by atoms with van der Waals surface area (Å²) in [5, 5.41) is 9.21. The zero-order chi connectivity index (χ0) is 15.4. The number of aliphatic hydroxyl groups excluding tert-OH is 1. The van der Waals surface area contributed by atoms with Gasteiger partial charge in [0.05, 0.1) is 26.4 Å². The number of esters is 1. The Morgan fingerprint density at radius 2 is 1.85 bits per heavy atom. The van der Waals surface area contributed by atoms with Crippen LogP contribution in [0.15, 0.2) is 0 Å². The van der Waals surface area contributed by atoms with Crippen molar-refractivity contribution in [3.63, 3.8) is 0 Å². The van der Waals surface area contributed by atoms with E-state index in [0.717, 1.165) is 0 Å². The molecule has 0 aliphatic rings. The van der Waals surface area contributed by atoms with Crippen LogP contribution < -0.4 is 0 Å². The Morgan fingerprint density at radius 1 is 1.15 bits per heavy atom. The average Bonchev–Trinajstić information content (AvgIpc) is 2.44. The third kappa shape index (κ3) is 7.56.